The van der Waals surface area contributed by atoms with Gasteiger partial charge in [0, 0.05) is 59.9 Å². The Morgan fingerprint density at radius 3 is 2.69 bits per heavy atom. The number of para-hydroxylation sites is 1. The number of hydrogen-bond donors (Lipinski definition) is 3. The van der Waals surface area contributed by atoms with Crippen molar-refractivity contribution in [3.05, 3.63) is 96.6 Å². The molecule has 0 spiro atoms. The van der Waals surface area contributed by atoms with Crippen molar-refractivity contribution in [2.45, 2.75) is 38.4 Å². The van der Waals surface area contributed by atoms with Crippen molar-refractivity contribution in [2.75, 3.05) is 5.73 Å². The number of anilines is 1. The summed E-state index contributed by atoms with van der Waals surface area (Å²) in [5.41, 5.74) is 11.9. The number of fused-ring (bicyclic) bond motifs is 3. The van der Waals surface area contributed by atoms with Crippen LogP contribution in [0, 0.1) is 0 Å². The number of rotatable bonds is 8. The second-order valence-corrected chi connectivity index (χ2v) is 11.7. The zero-order valence-electron chi connectivity index (χ0n) is 25.6. The first-order valence-corrected chi connectivity index (χ1v) is 15.5. The number of aromatic hydroxyl groups is 1. The second-order valence-electron chi connectivity index (χ2n) is 11.7. The van der Waals surface area contributed by atoms with Gasteiger partial charge in [-0.2, -0.15) is 5.10 Å². The van der Waals surface area contributed by atoms with Gasteiger partial charge in [0.25, 0.3) is 0 Å². The summed E-state index contributed by atoms with van der Waals surface area (Å²) in [4.78, 5) is 29.2. The molecule has 14 heteroatoms. The predicted octanol–water partition coefficient (Wildman–Crippen LogP) is 3.66. The van der Waals surface area contributed by atoms with Gasteiger partial charge in [0.2, 0.25) is 11.8 Å². The Morgan fingerprint density at radius 2 is 1.81 bits per heavy atom. The van der Waals surface area contributed by atoms with E-state index < -0.39 is 6.04 Å². The molecule has 0 saturated carbocycles. The number of pyridine rings is 1. The third-order valence-corrected chi connectivity index (χ3v) is 8.59. The van der Waals surface area contributed by atoms with Crippen molar-refractivity contribution in [3.8, 4) is 28.3 Å². The highest BCUT2D eigenvalue weighted by Gasteiger charge is 2.31. The maximum atomic E-state index is 12.8. The molecule has 8 rings (SSSR count). The number of benzene rings is 2. The number of nitrogens with one attached hydrogen (secondary N) is 1. The molecule has 1 fully saturated rings. The summed E-state index contributed by atoms with van der Waals surface area (Å²) < 4.78 is 5.55. The van der Waals surface area contributed by atoms with Crippen molar-refractivity contribution in [3.63, 3.8) is 0 Å². The van der Waals surface area contributed by atoms with Gasteiger partial charge in [-0.05, 0) is 60.5 Å². The van der Waals surface area contributed by atoms with E-state index in [1.165, 1.54) is 0 Å². The van der Waals surface area contributed by atoms with E-state index in [1.807, 2.05) is 58.0 Å². The molecule has 4 N–H and O–H groups in total. The molecule has 1 aliphatic heterocycles. The molecule has 2 aromatic carbocycles. The minimum absolute atomic E-state index is 0.108. The molecule has 1 aliphatic rings. The van der Waals surface area contributed by atoms with Gasteiger partial charge in [0.1, 0.15) is 17.4 Å². The molecule has 7 aromatic rings. The summed E-state index contributed by atoms with van der Waals surface area (Å²) in [6.07, 6.45) is 6.83. The molecule has 6 heterocycles. The maximum Gasteiger partial charge on any atom is 0.249 e. The first-order valence-electron chi connectivity index (χ1n) is 15.5. The van der Waals surface area contributed by atoms with E-state index in [9.17, 15) is 14.7 Å². The van der Waals surface area contributed by atoms with Crippen LogP contribution in [-0.4, -0.2) is 61.4 Å². The normalized spacial score (nSPS) is 15.0. The molecular weight excluding hydrogens is 610 g/mol. The largest absolute Gasteiger partial charge is 0.507 e. The Morgan fingerprint density at radius 1 is 0.917 bits per heavy atom. The smallest absolute Gasteiger partial charge is 0.249 e. The average Bonchev–Trinajstić information content (AvgIpc) is 3.83. The molecule has 238 valence electrons. The number of aryl methyl sites for hydroxylation is 2. The Labute approximate surface area is 272 Å². The van der Waals surface area contributed by atoms with E-state index in [2.05, 4.69) is 42.0 Å². The first kappa shape index (κ1) is 29.0. The van der Waals surface area contributed by atoms with Gasteiger partial charge in [-0.15, -0.1) is 15.3 Å². The Hall–Kier alpha value is -6.44. The molecule has 1 atom stereocenters. The van der Waals surface area contributed by atoms with Gasteiger partial charge in [-0.3, -0.25) is 19.6 Å². The topological polar surface area (TPSA) is 185 Å². The van der Waals surface area contributed by atoms with E-state index in [4.69, 9.17) is 5.73 Å². The third-order valence-electron chi connectivity index (χ3n) is 8.59. The average molecular weight is 640 g/mol. The van der Waals surface area contributed by atoms with Gasteiger partial charge in [-0.1, -0.05) is 23.4 Å². The van der Waals surface area contributed by atoms with Crippen LogP contribution in [0.1, 0.15) is 30.1 Å². The van der Waals surface area contributed by atoms with Crippen LogP contribution in [0.5, 0.6) is 5.75 Å². The van der Waals surface area contributed by atoms with Crippen LogP contribution in [0.2, 0.25) is 0 Å². The molecule has 5 aromatic heterocycles. The number of imide groups is 1. The van der Waals surface area contributed by atoms with Gasteiger partial charge < -0.3 is 15.4 Å². The van der Waals surface area contributed by atoms with Gasteiger partial charge >= 0.3 is 0 Å². The number of nitrogens with two attached hydrogens (primary N) is 1. The number of nitrogens with zero attached hydrogens (tertiary/aromatic N) is 9. The van der Waals surface area contributed by atoms with E-state index in [0.29, 0.717) is 54.1 Å². The SMILES string of the molecule is Nc1nnc(-c2ccccc2O)cc1-c1ccn(CCc2cn(Cc3ccc4c(c3)c3cccnc3n4C3CCC(=O)NC3=O)nn2)n1. The van der Waals surface area contributed by atoms with Crippen LogP contribution >= 0.6 is 0 Å². The monoisotopic (exact) mass is 639 g/mol. The highest BCUT2D eigenvalue weighted by Crippen LogP contribution is 2.34. The molecule has 0 bridgehead atoms. The quantitative estimate of drug-likeness (QED) is 0.207. The Balaban J connectivity index is 0.977. The summed E-state index contributed by atoms with van der Waals surface area (Å²) >= 11 is 0. The molecule has 0 radical (unpaired) electrons. The maximum absolute atomic E-state index is 12.8. The molecule has 2 amide bonds. The van der Waals surface area contributed by atoms with Crippen molar-refractivity contribution in [1.82, 2.24) is 49.8 Å². The summed E-state index contributed by atoms with van der Waals surface area (Å²) in [6, 6.07) is 20.0. The van der Waals surface area contributed by atoms with Crippen molar-refractivity contribution < 1.29 is 14.7 Å². The van der Waals surface area contributed by atoms with E-state index >= 15 is 0 Å². The van der Waals surface area contributed by atoms with Gasteiger partial charge in [0.05, 0.1) is 29.1 Å². The Kier molecular flexibility index (Phi) is 7.09. The van der Waals surface area contributed by atoms with Crippen LogP contribution in [0.4, 0.5) is 5.82 Å². The third kappa shape index (κ3) is 5.28. The standard InChI is InChI=1S/C34H29N11O3/c35-32-25(17-27(39-40-32)23-4-1-2-6-30(23)46)26-12-15-43(41-26)14-11-21-19-44(42-38-21)18-20-7-8-28-24(16-20)22-5-3-13-36-33(22)45(28)29-9-10-31(47)37-34(29)48/h1-8,12-13,15-17,19,29,46H,9-11,14,18H2,(H2,35,40)(H,37,47,48). The molecule has 1 saturated heterocycles. The summed E-state index contributed by atoms with van der Waals surface area (Å²) in [6.45, 7) is 1.08. The zero-order chi connectivity index (χ0) is 32.8. The number of piperidine rings is 1. The number of amides is 2. The lowest BCUT2D eigenvalue weighted by molar-refractivity contribution is -0.135. The highest BCUT2D eigenvalue weighted by atomic mass is 16.3. The van der Waals surface area contributed by atoms with E-state index in [-0.39, 0.29) is 29.8 Å². The van der Waals surface area contributed by atoms with Crippen LogP contribution in [0.25, 0.3) is 44.5 Å². The fraction of sp³-hybridized carbons (Fsp3) is 0.176. The predicted molar refractivity (Wildman–Crippen MR) is 176 cm³/mol. The summed E-state index contributed by atoms with van der Waals surface area (Å²) in [5.74, 6) is -0.200. The molecular formula is C34H29N11O3. The minimum atomic E-state index is -0.507. The minimum Gasteiger partial charge on any atom is -0.507 e. The highest BCUT2D eigenvalue weighted by molar-refractivity contribution is 6.09. The van der Waals surface area contributed by atoms with Gasteiger partial charge in [0.15, 0.2) is 5.82 Å². The summed E-state index contributed by atoms with van der Waals surface area (Å²) in [5, 5.41) is 36.3. The van der Waals surface area contributed by atoms with Gasteiger partial charge in [-0.25, -0.2) is 9.67 Å². The molecule has 1 unspecified atom stereocenters. The molecule has 14 nitrogen and oxygen atoms in total. The fourth-order valence-electron chi connectivity index (χ4n) is 6.27. The van der Waals surface area contributed by atoms with Crippen LogP contribution in [-0.2, 0) is 29.1 Å². The first-order chi connectivity index (χ1) is 23.4. The number of phenolic OH excluding ortho intramolecular Hbond substituents is 1. The number of nitrogen functional groups attached to an aromatic ring is 1. The Bertz CT molecular complexity index is 2360. The molecule has 48 heavy (non-hydrogen) atoms. The number of hydrogen-bond acceptors (Lipinski definition) is 10. The lowest BCUT2D eigenvalue weighted by atomic mass is 10.1. The molecule has 0 aliphatic carbocycles. The zero-order valence-corrected chi connectivity index (χ0v) is 25.6. The van der Waals surface area contributed by atoms with Crippen LogP contribution < -0.4 is 11.1 Å². The van der Waals surface area contributed by atoms with Crippen LogP contribution in [0.15, 0.2) is 85.3 Å². The van der Waals surface area contributed by atoms with Crippen molar-refractivity contribution in [2.24, 2.45) is 0 Å². The van der Waals surface area contributed by atoms with E-state index in [1.54, 1.807) is 35.1 Å². The number of carbonyl (C=O) groups is 2. The number of carbonyl (C=O) groups excluding carboxylic acids is 2. The summed E-state index contributed by atoms with van der Waals surface area (Å²) in [7, 11) is 0. The fourth-order valence-corrected chi connectivity index (χ4v) is 6.27. The van der Waals surface area contributed by atoms with Crippen molar-refractivity contribution in [1.29, 1.82) is 0 Å². The second kappa shape index (κ2) is 11.7. The van der Waals surface area contributed by atoms with Crippen LogP contribution in [0.3, 0.4) is 0 Å². The lowest BCUT2D eigenvalue weighted by Crippen LogP contribution is -2.41. The lowest BCUT2D eigenvalue weighted by Gasteiger charge is -2.23. The number of aromatic nitrogens is 9. The number of phenols is 1. The van der Waals surface area contributed by atoms with E-state index in [0.717, 1.165) is 27.5 Å². The van der Waals surface area contributed by atoms with Crippen molar-refractivity contribution >= 4 is 39.6 Å².